The maximum absolute atomic E-state index is 12.6. The zero-order valence-electron chi connectivity index (χ0n) is 13.4. The molecule has 0 radical (unpaired) electrons. The highest BCUT2D eigenvalue weighted by molar-refractivity contribution is 6.42. The number of halogens is 2. The summed E-state index contributed by atoms with van der Waals surface area (Å²) < 4.78 is 4.97. The molecule has 0 saturated heterocycles. The van der Waals surface area contributed by atoms with Crippen molar-refractivity contribution in [2.24, 2.45) is 10.9 Å². The minimum atomic E-state index is -0.631. The van der Waals surface area contributed by atoms with Crippen LogP contribution in [0.5, 0.6) is 0 Å². The lowest BCUT2D eigenvalue weighted by molar-refractivity contribution is -0.143. The molecule has 1 aromatic carbocycles. The first-order valence-electron chi connectivity index (χ1n) is 7.78. The molecule has 2 aliphatic rings. The standard InChI is InChI=1S/C18H17Cl2NO3/c1-9-15(18(23)24-2)16(10-6-7-11(19)12(20)8-10)17-13(21-9)4-3-5-14(17)22/h6-8,15-16H,3-5H2,1-2H3/t15?,16-/m0/s1. The number of nitrogens with zero attached hydrogens (tertiary/aromatic N) is 1. The fraction of sp³-hybridized carbons (Fsp3) is 0.389. The van der Waals surface area contributed by atoms with Gasteiger partial charge >= 0.3 is 5.97 Å². The highest BCUT2D eigenvalue weighted by Crippen LogP contribution is 2.44. The van der Waals surface area contributed by atoms with E-state index in [-0.39, 0.29) is 5.78 Å². The van der Waals surface area contributed by atoms with E-state index in [1.807, 2.05) is 0 Å². The van der Waals surface area contributed by atoms with Crippen molar-refractivity contribution in [2.45, 2.75) is 32.1 Å². The summed E-state index contributed by atoms with van der Waals surface area (Å²) in [4.78, 5) is 29.5. The lowest BCUT2D eigenvalue weighted by atomic mass is 9.72. The van der Waals surface area contributed by atoms with Gasteiger partial charge in [0.05, 0.1) is 17.2 Å². The fourth-order valence-corrected chi connectivity index (χ4v) is 3.81. The quantitative estimate of drug-likeness (QED) is 0.732. The Kier molecular flexibility index (Phi) is 4.79. The van der Waals surface area contributed by atoms with Crippen molar-refractivity contribution in [3.05, 3.63) is 45.1 Å². The molecule has 0 amide bonds. The van der Waals surface area contributed by atoms with Crippen molar-refractivity contribution in [2.75, 3.05) is 7.11 Å². The number of rotatable bonds is 2. The third-order valence-electron chi connectivity index (χ3n) is 4.59. The number of benzene rings is 1. The zero-order chi connectivity index (χ0) is 17.4. The number of hydrogen-bond acceptors (Lipinski definition) is 4. The normalized spacial score (nSPS) is 23.7. The number of esters is 1. The summed E-state index contributed by atoms with van der Waals surface area (Å²) in [6, 6.07) is 5.21. The molecule has 126 valence electrons. The highest BCUT2D eigenvalue weighted by atomic mass is 35.5. The highest BCUT2D eigenvalue weighted by Gasteiger charge is 2.42. The molecule has 4 nitrogen and oxygen atoms in total. The smallest absolute Gasteiger partial charge is 0.315 e. The van der Waals surface area contributed by atoms with Gasteiger partial charge in [0.2, 0.25) is 0 Å². The van der Waals surface area contributed by atoms with Crippen LogP contribution in [0.1, 0.15) is 37.7 Å². The van der Waals surface area contributed by atoms with Crippen molar-refractivity contribution in [1.82, 2.24) is 0 Å². The van der Waals surface area contributed by atoms with Gasteiger partial charge in [0.1, 0.15) is 5.92 Å². The predicted molar refractivity (Wildman–Crippen MR) is 93.7 cm³/mol. The van der Waals surface area contributed by atoms with Crippen LogP contribution in [0.3, 0.4) is 0 Å². The first kappa shape index (κ1) is 17.2. The van der Waals surface area contributed by atoms with E-state index in [0.717, 1.165) is 24.1 Å². The minimum Gasteiger partial charge on any atom is -0.468 e. The maximum Gasteiger partial charge on any atom is 0.315 e. The number of carbonyl (C=O) groups is 2. The van der Waals surface area contributed by atoms with E-state index < -0.39 is 17.8 Å². The van der Waals surface area contributed by atoms with Gasteiger partial charge in [0, 0.05) is 29.3 Å². The van der Waals surface area contributed by atoms with E-state index in [4.69, 9.17) is 27.9 Å². The van der Waals surface area contributed by atoms with Gasteiger partial charge < -0.3 is 4.74 Å². The number of methoxy groups -OCH3 is 1. The van der Waals surface area contributed by atoms with E-state index in [0.29, 0.717) is 27.8 Å². The summed E-state index contributed by atoms with van der Waals surface area (Å²) in [6.45, 7) is 1.80. The summed E-state index contributed by atoms with van der Waals surface area (Å²) in [5, 5.41) is 0.823. The van der Waals surface area contributed by atoms with Crippen LogP contribution in [0.15, 0.2) is 34.5 Å². The zero-order valence-corrected chi connectivity index (χ0v) is 14.9. The molecule has 0 spiro atoms. The van der Waals surface area contributed by atoms with Crippen LogP contribution >= 0.6 is 23.2 Å². The summed E-state index contributed by atoms with van der Waals surface area (Å²) in [7, 11) is 1.34. The van der Waals surface area contributed by atoms with E-state index in [1.165, 1.54) is 7.11 Å². The number of ketones is 1. The monoisotopic (exact) mass is 365 g/mol. The number of hydrogen-bond donors (Lipinski definition) is 0. The predicted octanol–water partition coefficient (Wildman–Crippen LogP) is 4.35. The van der Waals surface area contributed by atoms with Gasteiger partial charge in [-0.3, -0.25) is 14.6 Å². The first-order valence-corrected chi connectivity index (χ1v) is 8.53. The molecule has 0 fully saturated rings. The Labute approximate surface area is 150 Å². The SMILES string of the molecule is COC(=O)C1C(C)=NC2=C(C(=O)CCC2)[C@H]1c1ccc(Cl)c(Cl)c1. The van der Waals surface area contributed by atoms with E-state index in [2.05, 4.69) is 4.99 Å². The molecule has 0 N–H and O–H groups in total. The second kappa shape index (κ2) is 6.69. The molecule has 1 unspecified atom stereocenters. The second-order valence-corrected chi connectivity index (χ2v) is 6.86. The van der Waals surface area contributed by atoms with Crippen LogP contribution in [-0.2, 0) is 14.3 Å². The van der Waals surface area contributed by atoms with Crippen molar-refractivity contribution >= 4 is 40.7 Å². The fourth-order valence-electron chi connectivity index (χ4n) is 3.50. The number of aliphatic imine (C=N–C) groups is 1. The molecule has 2 atom stereocenters. The number of Topliss-reactive ketones (excluding diaryl/α,β-unsaturated/α-hetero) is 1. The second-order valence-electron chi connectivity index (χ2n) is 6.04. The molecule has 1 aromatic rings. The average molecular weight is 366 g/mol. The Bertz CT molecular complexity index is 782. The largest absolute Gasteiger partial charge is 0.468 e. The van der Waals surface area contributed by atoms with Crippen molar-refractivity contribution < 1.29 is 14.3 Å². The van der Waals surface area contributed by atoms with E-state index >= 15 is 0 Å². The Morgan fingerprint density at radius 1 is 1.25 bits per heavy atom. The molecule has 1 aliphatic carbocycles. The van der Waals surface area contributed by atoms with Gasteiger partial charge in [0.15, 0.2) is 5.78 Å². The molecule has 6 heteroatoms. The van der Waals surface area contributed by atoms with Gasteiger partial charge in [-0.05, 0) is 37.5 Å². The number of carbonyl (C=O) groups excluding carboxylic acids is 2. The summed E-state index contributed by atoms with van der Waals surface area (Å²) in [6.07, 6.45) is 1.99. The van der Waals surface area contributed by atoms with Crippen molar-refractivity contribution in [3.63, 3.8) is 0 Å². The van der Waals surface area contributed by atoms with Crippen LogP contribution in [0.4, 0.5) is 0 Å². The molecule has 0 saturated carbocycles. The van der Waals surface area contributed by atoms with Gasteiger partial charge in [-0.15, -0.1) is 0 Å². The lowest BCUT2D eigenvalue weighted by Gasteiger charge is -2.34. The topological polar surface area (TPSA) is 55.7 Å². The first-order chi connectivity index (χ1) is 11.4. The Morgan fingerprint density at radius 2 is 2.00 bits per heavy atom. The van der Waals surface area contributed by atoms with Gasteiger partial charge in [-0.25, -0.2) is 0 Å². The molecule has 0 bridgehead atoms. The molecule has 24 heavy (non-hydrogen) atoms. The van der Waals surface area contributed by atoms with Crippen LogP contribution < -0.4 is 0 Å². The van der Waals surface area contributed by atoms with Gasteiger partial charge in [-0.2, -0.15) is 0 Å². The summed E-state index contributed by atoms with van der Waals surface area (Å²) in [5.41, 5.74) is 2.82. The molecular weight excluding hydrogens is 349 g/mol. The van der Waals surface area contributed by atoms with E-state index in [9.17, 15) is 9.59 Å². The van der Waals surface area contributed by atoms with Gasteiger partial charge in [0.25, 0.3) is 0 Å². The van der Waals surface area contributed by atoms with Crippen LogP contribution in [0.2, 0.25) is 10.0 Å². The number of allylic oxidation sites excluding steroid dienone is 2. The van der Waals surface area contributed by atoms with Crippen LogP contribution in [0, 0.1) is 5.92 Å². The van der Waals surface area contributed by atoms with Crippen molar-refractivity contribution in [1.29, 1.82) is 0 Å². The average Bonchev–Trinajstić information content (AvgIpc) is 2.55. The van der Waals surface area contributed by atoms with Crippen LogP contribution in [0.25, 0.3) is 0 Å². The summed E-state index contributed by atoms with van der Waals surface area (Å²) >= 11 is 12.2. The third-order valence-corrected chi connectivity index (χ3v) is 5.33. The Hall–Kier alpha value is -1.65. The molecule has 3 rings (SSSR count). The minimum absolute atomic E-state index is 0.0393. The lowest BCUT2D eigenvalue weighted by Crippen LogP contribution is -2.36. The van der Waals surface area contributed by atoms with E-state index in [1.54, 1.807) is 25.1 Å². The Balaban J connectivity index is 2.20. The molecule has 1 heterocycles. The maximum atomic E-state index is 12.6. The molecular formula is C18H17Cl2NO3. The Morgan fingerprint density at radius 3 is 2.67 bits per heavy atom. The summed E-state index contributed by atoms with van der Waals surface area (Å²) in [5.74, 6) is -1.43. The third kappa shape index (κ3) is 2.89. The van der Waals surface area contributed by atoms with Gasteiger partial charge in [-0.1, -0.05) is 29.3 Å². The van der Waals surface area contributed by atoms with Crippen LogP contribution in [-0.4, -0.2) is 24.6 Å². The number of ether oxygens (including phenoxy) is 1. The molecule has 0 aromatic heterocycles. The van der Waals surface area contributed by atoms with Crippen molar-refractivity contribution in [3.8, 4) is 0 Å². The molecule has 1 aliphatic heterocycles.